The Morgan fingerprint density at radius 1 is 0.824 bits per heavy atom. The van der Waals surface area contributed by atoms with E-state index in [1.165, 1.54) is 38.5 Å². The van der Waals surface area contributed by atoms with Crippen molar-refractivity contribution in [2.75, 3.05) is 0 Å². The third-order valence-corrected chi connectivity index (χ3v) is 5.75. The molecular formula is C15H34B2. The average molecular weight is 236 g/mol. The molecule has 0 aromatic heterocycles. The molecule has 0 saturated heterocycles. The molecule has 0 saturated carbocycles. The van der Waals surface area contributed by atoms with Gasteiger partial charge in [0.15, 0.2) is 0 Å². The van der Waals surface area contributed by atoms with Crippen LogP contribution in [0.2, 0.25) is 5.21 Å². The van der Waals surface area contributed by atoms with Gasteiger partial charge in [-0.1, -0.05) is 78.9 Å². The lowest BCUT2D eigenvalue weighted by atomic mass is 9.33. The zero-order valence-electron chi connectivity index (χ0n) is 13.7. The predicted molar refractivity (Wildman–Crippen MR) is 86.4 cm³/mol. The first-order valence-electron chi connectivity index (χ1n) is 7.62. The van der Waals surface area contributed by atoms with E-state index in [0.717, 1.165) is 0 Å². The van der Waals surface area contributed by atoms with Gasteiger partial charge in [-0.05, 0) is 17.3 Å². The fraction of sp³-hybridized carbons (Fsp3) is 1.00. The molecule has 0 amide bonds. The maximum atomic E-state index is 2.50. The van der Waals surface area contributed by atoms with Gasteiger partial charge in [0.05, 0.1) is 0 Å². The fourth-order valence-electron chi connectivity index (χ4n) is 2.78. The summed E-state index contributed by atoms with van der Waals surface area (Å²) in [4.78, 5) is 0. The minimum atomic E-state index is 0.377. The van der Waals surface area contributed by atoms with Crippen LogP contribution in [-0.2, 0) is 0 Å². The van der Waals surface area contributed by atoms with E-state index in [2.05, 4.69) is 57.2 Å². The highest BCUT2D eigenvalue weighted by Gasteiger charge is 2.45. The third-order valence-electron chi connectivity index (χ3n) is 5.75. The van der Waals surface area contributed by atoms with Crippen molar-refractivity contribution in [1.29, 1.82) is 0 Å². The van der Waals surface area contributed by atoms with Gasteiger partial charge in [0.2, 0.25) is 0 Å². The molecule has 0 bridgehead atoms. The number of rotatable bonds is 7. The molecule has 1 unspecified atom stereocenters. The number of unbranched alkanes of at least 4 members (excludes halogenated alkanes) is 3. The molecule has 0 N–H and O–H groups in total. The summed E-state index contributed by atoms with van der Waals surface area (Å²) in [6.45, 7) is 14.3. The van der Waals surface area contributed by atoms with Crippen molar-refractivity contribution in [1.82, 2.24) is 0 Å². The van der Waals surface area contributed by atoms with Crippen molar-refractivity contribution in [3.63, 3.8) is 0 Å². The Morgan fingerprint density at radius 2 is 1.35 bits per heavy atom. The highest BCUT2D eigenvalue weighted by atomic mass is 14.4. The molecule has 17 heavy (non-hydrogen) atoms. The van der Waals surface area contributed by atoms with E-state index in [1.807, 2.05) is 0 Å². The summed E-state index contributed by atoms with van der Waals surface area (Å²) in [5.41, 5.74) is 0.849. The SMILES string of the molecule is BC(B)(C(C)(C)C)C(C)(CC)CCCCCC. The zero-order valence-corrected chi connectivity index (χ0v) is 13.7. The summed E-state index contributed by atoms with van der Waals surface area (Å²) in [5.74, 6) is 0. The number of hydrogen-bond acceptors (Lipinski definition) is 0. The maximum absolute atomic E-state index is 2.50. The van der Waals surface area contributed by atoms with Crippen molar-refractivity contribution in [3.8, 4) is 0 Å². The fourth-order valence-corrected chi connectivity index (χ4v) is 2.78. The smallest absolute Gasteiger partial charge is 0.0747 e. The van der Waals surface area contributed by atoms with Gasteiger partial charge >= 0.3 is 0 Å². The minimum Gasteiger partial charge on any atom is -0.0747 e. The van der Waals surface area contributed by atoms with E-state index >= 15 is 0 Å². The van der Waals surface area contributed by atoms with Crippen molar-refractivity contribution in [3.05, 3.63) is 0 Å². The summed E-state index contributed by atoms with van der Waals surface area (Å²) >= 11 is 0. The van der Waals surface area contributed by atoms with Crippen LogP contribution in [0.5, 0.6) is 0 Å². The second kappa shape index (κ2) is 6.34. The van der Waals surface area contributed by atoms with Crippen LogP contribution in [0, 0.1) is 10.8 Å². The van der Waals surface area contributed by atoms with Crippen molar-refractivity contribution < 1.29 is 0 Å². The number of hydrogen-bond donors (Lipinski definition) is 0. The molecule has 0 aliphatic carbocycles. The van der Waals surface area contributed by atoms with E-state index < -0.39 is 0 Å². The first-order valence-corrected chi connectivity index (χ1v) is 7.62. The second-order valence-electron chi connectivity index (χ2n) is 7.60. The first kappa shape index (κ1) is 17.1. The molecule has 0 fully saturated rings. The standard InChI is InChI=1S/C15H34B2/c1-7-9-10-11-12-14(6,8-2)15(16,17)13(3,4)5/h7-12,16-17H2,1-6H3. The molecule has 1 atom stereocenters. The van der Waals surface area contributed by atoms with Crippen LogP contribution in [0.15, 0.2) is 0 Å². The van der Waals surface area contributed by atoms with Gasteiger partial charge in [-0.2, -0.15) is 0 Å². The molecule has 2 heteroatoms. The Bertz CT molecular complexity index is 215. The van der Waals surface area contributed by atoms with E-state index in [4.69, 9.17) is 0 Å². The second-order valence-corrected chi connectivity index (χ2v) is 7.60. The van der Waals surface area contributed by atoms with Gasteiger partial charge in [0.1, 0.15) is 15.7 Å². The molecule has 0 heterocycles. The Kier molecular flexibility index (Phi) is 6.39. The van der Waals surface area contributed by atoms with Gasteiger partial charge in [0, 0.05) is 0 Å². The maximum Gasteiger partial charge on any atom is 0.101 e. The lowest BCUT2D eigenvalue weighted by Crippen LogP contribution is -2.44. The largest absolute Gasteiger partial charge is 0.101 e. The highest BCUT2D eigenvalue weighted by Crippen LogP contribution is 2.56. The molecule has 0 spiro atoms. The lowest BCUT2D eigenvalue weighted by molar-refractivity contribution is 0.137. The minimum absolute atomic E-state index is 0.377. The van der Waals surface area contributed by atoms with Gasteiger partial charge < -0.3 is 0 Å². The highest BCUT2D eigenvalue weighted by molar-refractivity contribution is 6.41. The normalized spacial score (nSPS) is 16.8. The Labute approximate surface area is 112 Å². The van der Waals surface area contributed by atoms with E-state index in [9.17, 15) is 0 Å². The van der Waals surface area contributed by atoms with Gasteiger partial charge in [-0.15, -0.1) is 0 Å². The van der Waals surface area contributed by atoms with Crippen LogP contribution >= 0.6 is 0 Å². The molecule has 0 aliphatic rings. The van der Waals surface area contributed by atoms with Crippen LogP contribution in [0.1, 0.15) is 80.1 Å². The summed E-state index contributed by atoms with van der Waals surface area (Å²) in [6.07, 6.45) is 8.22. The summed E-state index contributed by atoms with van der Waals surface area (Å²) in [5, 5.41) is 0.390. The summed E-state index contributed by atoms with van der Waals surface area (Å²) in [6, 6.07) is 0. The topological polar surface area (TPSA) is 0 Å². The zero-order chi connectivity index (χ0) is 13.7. The van der Waals surface area contributed by atoms with Gasteiger partial charge in [-0.25, -0.2) is 0 Å². The Morgan fingerprint density at radius 3 is 1.71 bits per heavy atom. The summed E-state index contributed by atoms with van der Waals surface area (Å²) < 4.78 is 0. The predicted octanol–water partition coefficient (Wildman–Crippen LogP) is 3.80. The Balaban J connectivity index is 4.65. The molecule has 0 aromatic carbocycles. The van der Waals surface area contributed by atoms with Crippen molar-refractivity contribution >= 4 is 15.7 Å². The first-order chi connectivity index (χ1) is 7.62. The van der Waals surface area contributed by atoms with Crippen LogP contribution in [0.4, 0.5) is 0 Å². The van der Waals surface area contributed by atoms with E-state index in [-0.39, 0.29) is 0 Å². The third kappa shape index (κ3) is 4.07. The summed E-state index contributed by atoms with van der Waals surface area (Å²) in [7, 11) is 4.94. The molecule has 0 nitrogen and oxygen atoms in total. The van der Waals surface area contributed by atoms with E-state index in [0.29, 0.717) is 16.0 Å². The Hall–Kier alpha value is 0.130. The van der Waals surface area contributed by atoms with Crippen LogP contribution < -0.4 is 0 Å². The van der Waals surface area contributed by atoms with Crippen LogP contribution in [0.3, 0.4) is 0 Å². The van der Waals surface area contributed by atoms with Crippen LogP contribution in [-0.4, -0.2) is 15.7 Å². The molecule has 0 rings (SSSR count). The quantitative estimate of drug-likeness (QED) is 0.465. The molecular weight excluding hydrogens is 202 g/mol. The van der Waals surface area contributed by atoms with Crippen LogP contribution in [0.25, 0.3) is 0 Å². The monoisotopic (exact) mass is 236 g/mol. The average Bonchev–Trinajstić information content (AvgIpc) is 2.22. The van der Waals surface area contributed by atoms with Crippen molar-refractivity contribution in [2.24, 2.45) is 10.8 Å². The molecule has 0 aliphatic heterocycles. The van der Waals surface area contributed by atoms with Crippen molar-refractivity contribution in [2.45, 2.75) is 85.3 Å². The molecule has 100 valence electrons. The van der Waals surface area contributed by atoms with E-state index in [1.54, 1.807) is 0 Å². The molecule has 0 aromatic rings. The molecule has 0 radical (unpaired) electrons. The van der Waals surface area contributed by atoms with Gasteiger partial charge in [0.25, 0.3) is 0 Å². The van der Waals surface area contributed by atoms with Gasteiger partial charge in [-0.3, -0.25) is 0 Å². The lowest BCUT2D eigenvalue weighted by Gasteiger charge is -2.53.